The van der Waals surface area contributed by atoms with Crippen molar-refractivity contribution in [3.8, 4) is 0 Å². The van der Waals surface area contributed by atoms with Gasteiger partial charge in [-0.2, -0.15) is 4.98 Å². The quantitative estimate of drug-likeness (QED) is 0.658. The standard InChI is InChI=1S/C17H17ClN4S/c1-12-11-14-15(19-17(18)20-16(14)23-12)22-9-7-21(8-10-22)13-5-3-2-4-6-13/h2-6,11H,7-10H2,1H3. The molecule has 0 unspecified atom stereocenters. The van der Waals surface area contributed by atoms with E-state index in [-0.39, 0.29) is 0 Å². The molecule has 4 nitrogen and oxygen atoms in total. The Morgan fingerprint density at radius 2 is 1.70 bits per heavy atom. The van der Waals surface area contributed by atoms with Gasteiger partial charge in [0, 0.05) is 36.7 Å². The summed E-state index contributed by atoms with van der Waals surface area (Å²) in [6.07, 6.45) is 0. The summed E-state index contributed by atoms with van der Waals surface area (Å²) in [6.45, 7) is 5.93. The molecule has 3 heterocycles. The second kappa shape index (κ2) is 5.98. The van der Waals surface area contributed by atoms with Gasteiger partial charge in [0.25, 0.3) is 0 Å². The van der Waals surface area contributed by atoms with Crippen LogP contribution in [0.1, 0.15) is 4.88 Å². The third kappa shape index (κ3) is 2.86. The van der Waals surface area contributed by atoms with E-state index >= 15 is 0 Å². The summed E-state index contributed by atoms with van der Waals surface area (Å²) < 4.78 is 0. The maximum absolute atomic E-state index is 6.12. The molecule has 0 N–H and O–H groups in total. The molecule has 118 valence electrons. The molecule has 1 aliphatic heterocycles. The first kappa shape index (κ1) is 14.7. The highest BCUT2D eigenvalue weighted by atomic mass is 35.5. The minimum atomic E-state index is 0.333. The highest BCUT2D eigenvalue weighted by molar-refractivity contribution is 7.18. The molecular formula is C17H17ClN4S. The van der Waals surface area contributed by atoms with Crippen molar-refractivity contribution in [2.45, 2.75) is 6.92 Å². The molecule has 6 heteroatoms. The maximum Gasteiger partial charge on any atom is 0.225 e. The van der Waals surface area contributed by atoms with Crippen LogP contribution < -0.4 is 9.80 Å². The molecule has 0 atom stereocenters. The number of thiophene rings is 1. The number of para-hydroxylation sites is 1. The third-order valence-corrected chi connectivity index (χ3v) is 5.28. The van der Waals surface area contributed by atoms with Crippen molar-refractivity contribution in [2.24, 2.45) is 0 Å². The van der Waals surface area contributed by atoms with Crippen molar-refractivity contribution < 1.29 is 0 Å². The van der Waals surface area contributed by atoms with E-state index < -0.39 is 0 Å². The molecule has 2 aromatic heterocycles. The zero-order chi connectivity index (χ0) is 15.8. The lowest BCUT2D eigenvalue weighted by molar-refractivity contribution is 0.649. The van der Waals surface area contributed by atoms with Gasteiger partial charge >= 0.3 is 0 Å². The first-order valence-electron chi connectivity index (χ1n) is 7.69. The summed E-state index contributed by atoms with van der Waals surface area (Å²) in [5.74, 6) is 0.970. The van der Waals surface area contributed by atoms with Gasteiger partial charge in [-0.3, -0.25) is 0 Å². The normalized spacial score (nSPS) is 15.4. The lowest BCUT2D eigenvalue weighted by Gasteiger charge is -2.37. The van der Waals surface area contributed by atoms with Crippen molar-refractivity contribution in [2.75, 3.05) is 36.0 Å². The Bertz CT molecular complexity index is 825. The second-order valence-electron chi connectivity index (χ2n) is 5.70. The molecule has 23 heavy (non-hydrogen) atoms. The van der Waals surface area contributed by atoms with Gasteiger partial charge < -0.3 is 9.80 Å². The largest absolute Gasteiger partial charge is 0.368 e. The first-order valence-corrected chi connectivity index (χ1v) is 8.89. The molecule has 1 saturated heterocycles. The van der Waals surface area contributed by atoms with Crippen LogP contribution in [-0.4, -0.2) is 36.1 Å². The van der Waals surface area contributed by atoms with Crippen LogP contribution in [0.3, 0.4) is 0 Å². The summed E-state index contributed by atoms with van der Waals surface area (Å²) in [5, 5.41) is 1.45. The number of fused-ring (bicyclic) bond motifs is 1. The van der Waals surface area contributed by atoms with Gasteiger partial charge in [0.05, 0.1) is 5.39 Å². The van der Waals surface area contributed by atoms with E-state index in [1.54, 1.807) is 11.3 Å². The topological polar surface area (TPSA) is 32.3 Å². The summed E-state index contributed by atoms with van der Waals surface area (Å²) in [7, 11) is 0. The molecule has 0 bridgehead atoms. The number of nitrogens with zero attached hydrogens (tertiary/aromatic N) is 4. The second-order valence-corrected chi connectivity index (χ2v) is 7.27. The van der Waals surface area contributed by atoms with Crippen molar-refractivity contribution in [1.82, 2.24) is 9.97 Å². The summed E-state index contributed by atoms with van der Waals surface area (Å²) in [6, 6.07) is 12.7. The average molecular weight is 345 g/mol. The van der Waals surface area contributed by atoms with Gasteiger partial charge in [0.2, 0.25) is 5.28 Å². The van der Waals surface area contributed by atoms with E-state index in [0.717, 1.165) is 42.2 Å². The molecule has 1 aliphatic rings. The monoisotopic (exact) mass is 344 g/mol. The fourth-order valence-electron chi connectivity index (χ4n) is 3.06. The molecule has 0 amide bonds. The highest BCUT2D eigenvalue weighted by Gasteiger charge is 2.21. The summed E-state index contributed by atoms with van der Waals surface area (Å²) >= 11 is 7.79. The molecule has 0 saturated carbocycles. The molecule has 0 spiro atoms. The molecule has 4 rings (SSSR count). The maximum atomic E-state index is 6.12. The van der Waals surface area contributed by atoms with Crippen molar-refractivity contribution >= 4 is 44.7 Å². The van der Waals surface area contributed by atoms with Gasteiger partial charge in [-0.25, -0.2) is 4.98 Å². The van der Waals surface area contributed by atoms with Crippen LogP contribution in [-0.2, 0) is 0 Å². The van der Waals surface area contributed by atoms with Crippen LogP contribution in [0.25, 0.3) is 10.2 Å². The van der Waals surface area contributed by atoms with Gasteiger partial charge in [-0.1, -0.05) is 18.2 Å². The van der Waals surface area contributed by atoms with E-state index in [1.165, 1.54) is 10.6 Å². The number of piperazine rings is 1. The van der Waals surface area contributed by atoms with E-state index in [4.69, 9.17) is 11.6 Å². The lowest BCUT2D eigenvalue weighted by Crippen LogP contribution is -2.46. The fraction of sp³-hybridized carbons (Fsp3) is 0.294. The van der Waals surface area contributed by atoms with Crippen LogP contribution in [0.5, 0.6) is 0 Å². The fourth-order valence-corrected chi connectivity index (χ4v) is 4.15. The predicted molar refractivity (Wildman–Crippen MR) is 98.0 cm³/mol. The van der Waals surface area contributed by atoms with Crippen LogP contribution >= 0.6 is 22.9 Å². The van der Waals surface area contributed by atoms with E-state index in [0.29, 0.717) is 5.28 Å². The van der Waals surface area contributed by atoms with Crippen LogP contribution in [0.4, 0.5) is 11.5 Å². The number of rotatable bonds is 2. The number of anilines is 2. The number of hydrogen-bond acceptors (Lipinski definition) is 5. The zero-order valence-electron chi connectivity index (χ0n) is 12.9. The number of aromatic nitrogens is 2. The van der Waals surface area contributed by atoms with Crippen molar-refractivity contribution in [1.29, 1.82) is 0 Å². The summed E-state index contributed by atoms with van der Waals surface area (Å²) in [4.78, 5) is 15.8. The number of aryl methyl sites for hydroxylation is 1. The zero-order valence-corrected chi connectivity index (χ0v) is 14.4. The van der Waals surface area contributed by atoms with Crippen LogP contribution in [0.15, 0.2) is 36.4 Å². The van der Waals surface area contributed by atoms with Crippen molar-refractivity contribution in [3.05, 3.63) is 46.6 Å². The Morgan fingerprint density at radius 3 is 2.43 bits per heavy atom. The molecule has 1 aromatic carbocycles. The van der Waals surface area contributed by atoms with Crippen LogP contribution in [0.2, 0.25) is 5.28 Å². The number of benzene rings is 1. The Hall–Kier alpha value is -1.85. The lowest BCUT2D eigenvalue weighted by atomic mass is 10.2. The minimum absolute atomic E-state index is 0.333. The highest BCUT2D eigenvalue weighted by Crippen LogP contribution is 2.32. The van der Waals surface area contributed by atoms with E-state index in [1.807, 2.05) is 0 Å². The molecule has 3 aromatic rings. The smallest absolute Gasteiger partial charge is 0.225 e. The van der Waals surface area contributed by atoms with Gasteiger partial charge in [0.15, 0.2) is 0 Å². The van der Waals surface area contributed by atoms with Gasteiger partial charge in [-0.15, -0.1) is 11.3 Å². The Balaban J connectivity index is 1.59. The Labute approximate surface area is 144 Å². The SMILES string of the molecule is Cc1cc2c(N3CCN(c4ccccc4)CC3)nc(Cl)nc2s1. The molecular weight excluding hydrogens is 328 g/mol. The number of hydrogen-bond donors (Lipinski definition) is 0. The minimum Gasteiger partial charge on any atom is -0.368 e. The first-order chi connectivity index (χ1) is 11.2. The van der Waals surface area contributed by atoms with Crippen LogP contribution in [0, 0.1) is 6.92 Å². The molecule has 0 radical (unpaired) electrons. The van der Waals surface area contributed by atoms with Crippen molar-refractivity contribution in [3.63, 3.8) is 0 Å². The summed E-state index contributed by atoms with van der Waals surface area (Å²) in [5.41, 5.74) is 1.28. The van der Waals surface area contributed by atoms with Gasteiger partial charge in [0.1, 0.15) is 10.6 Å². The Kier molecular flexibility index (Phi) is 3.83. The Morgan fingerprint density at radius 1 is 1.00 bits per heavy atom. The number of halogens is 1. The third-order valence-electron chi connectivity index (χ3n) is 4.17. The molecule has 0 aliphatic carbocycles. The predicted octanol–water partition coefficient (Wildman–Crippen LogP) is 3.98. The van der Waals surface area contributed by atoms with E-state index in [2.05, 4.69) is 63.1 Å². The average Bonchev–Trinajstić information content (AvgIpc) is 2.95. The van der Waals surface area contributed by atoms with Gasteiger partial charge in [-0.05, 0) is 36.7 Å². The van der Waals surface area contributed by atoms with E-state index in [9.17, 15) is 0 Å². The molecule has 1 fully saturated rings.